The Morgan fingerprint density at radius 1 is 0.900 bits per heavy atom. The Morgan fingerprint density at radius 2 is 1.60 bits per heavy atom. The molecule has 0 aliphatic carbocycles. The van der Waals surface area contributed by atoms with Crippen molar-refractivity contribution in [3.8, 4) is 0 Å². The van der Waals surface area contributed by atoms with Crippen LogP contribution in [0.25, 0.3) is 27.5 Å². The number of nitrogens with zero attached hydrogens (tertiary/aromatic N) is 2. The highest BCUT2D eigenvalue weighted by Crippen LogP contribution is 2.28. The molecule has 20 heavy (non-hydrogen) atoms. The highest BCUT2D eigenvalue weighted by atomic mass is 35.5. The van der Waals surface area contributed by atoms with Gasteiger partial charge in [0, 0.05) is 17.5 Å². The Balaban J connectivity index is 2.46. The van der Waals surface area contributed by atoms with E-state index in [4.69, 9.17) is 11.6 Å². The summed E-state index contributed by atoms with van der Waals surface area (Å²) in [4.78, 5) is 12.5. The number of aromatic nitrogens is 2. The van der Waals surface area contributed by atoms with Crippen molar-refractivity contribution in [2.75, 3.05) is 0 Å². The van der Waals surface area contributed by atoms with Crippen LogP contribution in [0.3, 0.4) is 0 Å². The Bertz CT molecular complexity index is 1040. The molecule has 0 aliphatic rings. The van der Waals surface area contributed by atoms with Gasteiger partial charge in [-0.15, -0.1) is 0 Å². The van der Waals surface area contributed by atoms with Gasteiger partial charge in [0.25, 0.3) is 5.56 Å². The lowest BCUT2D eigenvalue weighted by atomic mass is 10.2. The molecule has 3 nitrogen and oxygen atoms in total. The minimum Gasteiger partial charge on any atom is -0.308 e. The van der Waals surface area contributed by atoms with Crippen LogP contribution in [0.15, 0.2) is 53.3 Å². The molecule has 0 saturated heterocycles. The Labute approximate surface area is 119 Å². The third-order valence-corrected chi connectivity index (χ3v) is 4.13. The molecular formula is C16H11ClN2O. The average Bonchev–Trinajstić information content (AvgIpc) is 2.86. The summed E-state index contributed by atoms with van der Waals surface area (Å²) in [5.74, 6) is 0. The second kappa shape index (κ2) is 3.87. The van der Waals surface area contributed by atoms with E-state index in [0.717, 1.165) is 21.9 Å². The number of aryl methyl sites for hydroxylation is 1. The molecule has 2 heterocycles. The highest BCUT2D eigenvalue weighted by molar-refractivity contribution is 6.35. The topological polar surface area (TPSA) is 26.4 Å². The van der Waals surface area contributed by atoms with Crippen LogP contribution in [0, 0.1) is 0 Å². The van der Waals surface area contributed by atoms with E-state index in [1.54, 1.807) is 11.6 Å². The van der Waals surface area contributed by atoms with Gasteiger partial charge in [0.15, 0.2) is 0 Å². The largest absolute Gasteiger partial charge is 0.308 e. The first-order valence-electron chi connectivity index (χ1n) is 6.36. The summed E-state index contributed by atoms with van der Waals surface area (Å²) in [6.45, 7) is 0. The van der Waals surface area contributed by atoms with Gasteiger partial charge in [0.05, 0.1) is 16.6 Å². The van der Waals surface area contributed by atoms with Crippen molar-refractivity contribution in [3.63, 3.8) is 0 Å². The van der Waals surface area contributed by atoms with Crippen LogP contribution < -0.4 is 5.56 Å². The monoisotopic (exact) mass is 282 g/mol. The molecule has 0 atom stereocenters. The van der Waals surface area contributed by atoms with Crippen LogP contribution >= 0.6 is 11.6 Å². The van der Waals surface area contributed by atoms with Crippen LogP contribution in [-0.4, -0.2) is 8.97 Å². The van der Waals surface area contributed by atoms with Crippen molar-refractivity contribution < 1.29 is 0 Å². The molecule has 0 spiro atoms. The Hall–Kier alpha value is -2.26. The van der Waals surface area contributed by atoms with E-state index in [9.17, 15) is 4.79 Å². The van der Waals surface area contributed by atoms with Crippen LogP contribution in [0.1, 0.15) is 0 Å². The molecule has 4 aromatic rings. The van der Waals surface area contributed by atoms with Crippen molar-refractivity contribution in [2.24, 2.45) is 7.05 Å². The van der Waals surface area contributed by atoms with Gasteiger partial charge in [-0.2, -0.15) is 0 Å². The third kappa shape index (κ3) is 1.33. The predicted octanol–water partition coefficient (Wildman–Crippen LogP) is 3.60. The quantitative estimate of drug-likeness (QED) is 0.484. The maximum absolute atomic E-state index is 12.5. The summed E-state index contributed by atoms with van der Waals surface area (Å²) in [6.07, 6.45) is 0. The fourth-order valence-electron chi connectivity index (χ4n) is 2.83. The Morgan fingerprint density at radius 3 is 2.40 bits per heavy atom. The number of halogens is 1. The third-order valence-electron chi connectivity index (χ3n) is 3.80. The van der Waals surface area contributed by atoms with E-state index in [1.807, 2.05) is 52.9 Å². The number of rotatable bonds is 0. The number of fused-ring (bicyclic) bond motifs is 5. The molecule has 0 bridgehead atoms. The summed E-state index contributed by atoms with van der Waals surface area (Å²) in [5.41, 5.74) is 3.50. The number of hydrogen-bond donors (Lipinski definition) is 0. The van der Waals surface area contributed by atoms with Crippen LogP contribution in [0.5, 0.6) is 0 Å². The number of para-hydroxylation sites is 2. The average molecular weight is 283 g/mol. The summed E-state index contributed by atoms with van der Waals surface area (Å²) < 4.78 is 3.66. The lowest BCUT2D eigenvalue weighted by Gasteiger charge is -2.08. The van der Waals surface area contributed by atoms with Crippen LogP contribution in [0.4, 0.5) is 0 Å². The van der Waals surface area contributed by atoms with Gasteiger partial charge < -0.3 is 8.97 Å². The molecule has 0 unspecified atom stereocenters. The second-order valence-electron chi connectivity index (χ2n) is 4.89. The van der Waals surface area contributed by atoms with Gasteiger partial charge in [0.1, 0.15) is 5.52 Å². The fourth-order valence-corrected chi connectivity index (χ4v) is 3.05. The first-order chi connectivity index (χ1) is 9.68. The summed E-state index contributed by atoms with van der Waals surface area (Å²) >= 11 is 6.25. The second-order valence-corrected chi connectivity index (χ2v) is 5.30. The summed E-state index contributed by atoms with van der Waals surface area (Å²) in [6, 6.07) is 15.5. The lowest BCUT2D eigenvalue weighted by Crippen LogP contribution is -2.19. The number of hydrogen-bond acceptors (Lipinski definition) is 1. The van der Waals surface area contributed by atoms with Crippen LogP contribution in [-0.2, 0) is 7.05 Å². The molecule has 0 radical (unpaired) electrons. The van der Waals surface area contributed by atoms with E-state index in [0.29, 0.717) is 10.5 Å². The molecule has 0 fully saturated rings. The van der Waals surface area contributed by atoms with Crippen molar-refractivity contribution in [2.45, 2.75) is 0 Å². The molecular weight excluding hydrogens is 272 g/mol. The zero-order chi connectivity index (χ0) is 13.9. The van der Waals surface area contributed by atoms with E-state index in [1.165, 1.54) is 0 Å². The molecule has 0 N–H and O–H groups in total. The minimum absolute atomic E-state index is 0.0176. The molecule has 0 saturated carbocycles. The van der Waals surface area contributed by atoms with Crippen molar-refractivity contribution in [3.05, 3.63) is 63.9 Å². The minimum atomic E-state index is -0.0176. The predicted molar refractivity (Wildman–Crippen MR) is 82.7 cm³/mol. The maximum atomic E-state index is 12.5. The lowest BCUT2D eigenvalue weighted by molar-refractivity contribution is 0.902. The summed E-state index contributed by atoms with van der Waals surface area (Å²) in [7, 11) is 1.80. The van der Waals surface area contributed by atoms with Crippen LogP contribution in [0.2, 0.25) is 5.02 Å². The van der Waals surface area contributed by atoms with Crippen molar-refractivity contribution in [1.82, 2.24) is 8.97 Å². The van der Waals surface area contributed by atoms with Gasteiger partial charge >= 0.3 is 0 Å². The maximum Gasteiger partial charge on any atom is 0.275 e. The molecule has 2 aromatic heterocycles. The van der Waals surface area contributed by atoms with Gasteiger partial charge in [-0.1, -0.05) is 29.8 Å². The van der Waals surface area contributed by atoms with E-state index in [2.05, 4.69) is 0 Å². The smallest absolute Gasteiger partial charge is 0.275 e. The standard InChI is InChI=1S/C16H11ClN2O/c1-18-13-6-2-3-7-14(13)19-12-8-4-5-11(17)10(12)9-15(19)16(18)20/h2-9H,1H3. The summed E-state index contributed by atoms with van der Waals surface area (Å²) in [5, 5.41) is 1.57. The first kappa shape index (κ1) is 11.6. The van der Waals surface area contributed by atoms with E-state index < -0.39 is 0 Å². The highest BCUT2D eigenvalue weighted by Gasteiger charge is 2.13. The van der Waals surface area contributed by atoms with E-state index in [-0.39, 0.29) is 5.56 Å². The molecule has 2 aromatic carbocycles. The van der Waals surface area contributed by atoms with Gasteiger partial charge in [-0.05, 0) is 30.3 Å². The Kier molecular flexibility index (Phi) is 2.24. The van der Waals surface area contributed by atoms with Crippen molar-refractivity contribution in [1.29, 1.82) is 0 Å². The number of benzene rings is 2. The van der Waals surface area contributed by atoms with Gasteiger partial charge in [-0.25, -0.2) is 0 Å². The molecule has 0 amide bonds. The molecule has 0 aliphatic heterocycles. The van der Waals surface area contributed by atoms with Gasteiger partial charge in [0.2, 0.25) is 0 Å². The van der Waals surface area contributed by atoms with Crippen molar-refractivity contribution >= 4 is 39.1 Å². The SMILES string of the molecule is Cn1c(=O)c2cc3c(Cl)cccc3n2c2ccccc21. The molecule has 4 heteroatoms. The van der Waals surface area contributed by atoms with E-state index >= 15 is 0 Å². The first-order valence-corrected chi connectivity index (χ1v) is 6.74. The fraction of sp³-hybridized carbons (Fsp3) is 0.0625. The zero-order valence-corrected chi connectivity index (χ0v) is 11.6. The molecule has 4 rings (SSSR count). The molecule has 98 valence electrons. The van der Waals surface area contributed by atoms with Gasteiger partial charge in [-0.3, -0.25) is 4.79 Å². The zero-order valence-electron chi connectivity index (χ0n) is 10.8. The normalized spacial score (nSPS) is 11.7.